The quantitative estimate of drug-likeness (QED) is 0.303. The average molecular weight is 531 g/mol. The molecule has 5 aromatic rings. The number of carbonyl (C=O) groups excluding carboxylic acids is 2. The van der Waals surface area contributed by atoms with Crippen molar-refractivity contribution in [2.24, 2.45) is 4.99 Å². The average Bonchev–Trinajstić information content (AvgIpc) is 3.29. The van der Waals surface area contributed by atoms with E-state index in [2.05, 4.69) is 31.0 Å². The first-order chi connectivity index (χ1) is 19.5. The van der Waals surface area contributed by atoms with Crippen LogP contribution >= 0.6 is 0 Å². The Morgan fingerprint density at radius 1 is 0.950 bits per heavy atom. The third-order valence-electron chi connectivity index (χ3n) is 6.36. The van der Waals surface area contributed by atoms with Crippen molar-refractivity contribution in [2.75, 3.05) is 10.6 Å². The highest BCUT2D eigenvalue weighted by atomic mass is 16.2. The van der Waals surface area contributed by atoms with Crippen LogP contribution in [0.3, 0.4) is 0 Å². The summed E-state index contributed by atoms with van der Waals surface area (Å²) in [5.41, 5.74) is 4.40. The number of aromatic nitrogens is 4. The summed E-state index contributed by atoms with van der Waals surface area (Å²) in [6, 6.07) is 22.6. The van der Waals surface area contributed by atoms with Gasteiger partial charge < -0.3 is 16.0 Å². The topological polar surface area (TPSA) is 126 Å². The fraction of sp³-hybridized carbons (Fsp3) is 0.133. The number of hydrogen-bond acceptors (Lipinski definition) is 7. The summed E-state index contributed by atoms with van der Waals surface area (Å²) in [6.07, 6.45) is 3.76. The van der Waals surface area contributed by atoms with Crippen LogP contribution < -0.4 is 16.0 Å². The van der Waals surface area contributed by atoms with Crippen LogP contribution in [-0.2, 0) is 4.79 Å². The van der Waals surface area contributed by atoms with Crippen LogP contribution in [-0.4, -0.2) is 49.3 Å². The standard InChI is InChI=1S/C30H26N8O2/c1-18(2)33-23-14-13-20(17-32-23)26-24(28-31-15-8-16-38(28)37-26)29(39)36-27-30(40)34-22-12-7-6-11-21(22)25(35-27)19-9-4-3-5-10-19/h3-18,27H,1-2H3,(H,32,33)(H,34,40)(H,36,39)/t27-/m1/s1. The molecule has 4 heterocycles. The molecule has 2 aromatic carbocycles. The van der Waals surface area contributed by atoms with E-state index in [0.717, 1.165) is 11.1 Å². The van der Waals surface area contributed by atoms with E-state index in [1.807, 2.05) is 80.6 Å². The van der Waals surface area contributed by atoms with Crippen molar-refractivity contribution in [3.05, 3.63) is 108 Å². The van der Waals surface area contributed by atoms with Gasteiger partial charge in [0.05, 0.1) is 11.4 Å². The Bertz CT molecular complexity index is 1740. The number of aliphatic imine (C=N–C) groups is 1. The zero-order chi connectivity index (χ0) is 27.6. The summed E-state index contributed by atoms with van der Waals surface area (Å²) in [7, 11) is 0. The Morgan fingerprint density at radius 3 is 2.52 bits per heavy atom. The number of benzodiazepines with no additional fused rings is 1. The molecule has 1 atom stereocenters. The van der Waals surface area contributed by atoms with Gasteiger partial charge in [0, 0.05) is 41.3 Å². The Balaban J connectivity index is 1.40. The third-order valence-corrected chi connectivity index (χ3v) is 6.36. The molecule has 0 aliphatic carbocycles. The SMILES string of the molecule is CC(C)Nc1ccc(-c2nn3cccnc3c2C(=O)N[C@H]2N=C(c3ccccc3)c3ccccc3NC2=O)cn1. The highest BCUT2D eigenvalue weighted by Gasteiger charge is 2.30. The number of rotatable bonds is 6. The molecule has 10 nitrogen and oxygen atoms in total. The van der Waals surface area contributed by atoms with Crippen LogP contribution in [0.5, 0.6) is 0 Å². The predicted octanol–water partition coefficient (Wildman–Crippen LogP) is 4.16. The minimum absolute atomic E-state index is 0.220. The molecule has 3 N–H and O–H groups in total. The van der Waals surface area contributed by atoms with Crippen molar-refractivity contribution < 1.29 is 9.59 Å². The monoisotopic (exact) mass is 530 g/mol. The lowest BCUT2D eigenvalue weighted by Gasteiger charge is -2.14. The van der Waals surface area contributed by atoms with Gasteiger partial charge in [-0.25, -0.2) is 19.5 Å². The first kappa shape index (κ1) is 24.9. The highest BCUT2D eigenvalue weighted by molar-refractivity contribution is 6.20. The third kappa shape index (κ3) is 4.78. The normalized spacial score (nSPS) is 14.7. The number of carbonyl (C=O) groups is 2. The highest BCUT2D eigenvalue weighted by Crippen LogP contribution is 2.27. The van der Waals surface area contributed by atoms with Gasteiger partial charge >= 0.3 is 0 Å². The van der Waals surface area contributed by atoms with Crippen LogP contribution in [0.4, 0.5) is 11.5 Å². The fourth-order valence-corrected chi connectivity index (χ4v) is 4.59. The molecule has 0 radical (unpaired) electrons. The number of pyridine rings is 1. The van der Waals surface area contributed by atoms with E-state index >= 15 is 0 Å². The van der Waals surface area contributed by atoms with Crippen molar-refractivity contribution in [3.63, 3.8) is 0 Å². The van der Waals surface area contributed by atoms with E-state index in [-0.39, 0.29) is 11.6 Å². The zero-order valence-corrected chi connectivity index (χ0v) is 21.9. The molecule has 0 bridgehead atoms. The van der Waals surface area contributed by atoms with E-state index < -0.39 is 18.0 Å². The first-order valence-corrected chi connectivity index (χ1v) is 12.9. The van der Waals surface area contributed by atoms with Crippen LogP contribution in [0.15, 0.2) is 96.4 Å². The first-order valence-electron chi connectivity index (χ1n) is 12.9. The van der Waals surface area contributed by atoms with E-state index in [0.29, 0.717) is 34.1 Å². The molecular weight excluding hydrogens is 504 g/mol. The Labute approximate surface area is 230 Å². The van der Waals surface area contributed by atoms with Crippen LogP contribution in [0.25, 0.3) is 16.9 Å². The number of para-hydroxylation sites is 1. The number of nitrogens with one attached hydrogen (secondary N) is 3. The van der Waals surface area contributed by atoms with Gasteiger partial charge in [-0.1, -0.05) is 48.5 Å². The van der Waals surface area contributed by atoms with Crippen molar-refractivity contribution >= 4 is 34.7 Å². The van der Waals surface area contributed by atoms with Crippen molar-refractivity contribution in [1.82, 2.24) is 24.9 Å². The number of hydrogen-bond donors (Lipinski definition) is 3. The molecule has 2 amide bonds. The maximum Gasteiger partial charge on any atom is 0.269 e. The van der Waals surface area contributed by atoms with E-state index in [4.69, 9.17) is 4.99 Å². The van der Waals surface area contributed by atoms with Crippen molar-refractivity contribution in [3.8, 4) is 11.3 Å². The van der Waals surface area contributed by atoms with Gasteiger partial charge in [-0.3, -0.25) is 9.59 Å². The van der Waals surface area contributed by atoms with Gasteiger partial charge in [0.15, 0.2) is 5.65 Å². The van der Waals surface area contributed by atoms with E-state index in [9.17, 15) is 9.59 Å². The zero-order valence-electron chi connectivity index (χ0n) is 21.9. The lowest BCUT2D eigenvalue weighted by atomic mass is 10.0. The molecule has 0 saturated carbocycles. The molecule has 10 heteroatoms. The molecule has 0 saturated heterocycles. The number of anilines is 2. The fourth-order valence-electron chi connectivity index (χ4n) is 4.59. The molecule has 3 aromatic heterocycles. The van der Waals surface area contributed by atoms with Gasteiger partial charge in [0.2, 0.25) is 6.17 Å². The smallest absolute Gasteiger partial charge is 0.269 e. The van der Waals surface area contributed by atoms with Gasteiger partial charge in [-0.15, -0.1) is 0 Å². The van der Waals surface area contributed by atoms with Crippen molar-refractivity contribution in [1.29, 1.82) is 0 Å². The summed E-state index contributed by atoms with van der Waals surface area (Å²) in [5.74, 6) is -0.275. The molecule has 1 aliphatic rings. The Kier molecular flexibility index (Phi) is 6.49. The minimum atomic E-state index is -1.20. The predicted molar refractivity (Wildman–Crippen MR) is 153 cm³/mol. The van der Waals surface area contributed by atoms with Crippen molar-refractivity contribution in [2.45, 2.75) is 26.1 Å². The van der Waals surface area contributed by atoms with Gasteiger partial charge in [0.1, 0.15) is 17.1 Å². The van der Waals surface area contributed by atoms with Crippen LogP contribution in [0, 0.1) is 0 Å². The molecule has 0 fully saturated rings. The van der Waals surface area contributed by atoms with Gasteiger partial charge in [0.25, 0.3) is 11.8 Å². The number of fused-ring (bicyclic) bond motifs is 2. The number of nitrogens with zero attached hydrogens (tertiary/aromatic N) is 5. The Hall–Kier alpha value is -5.38. The lowest BCUT2D eigenvalue weighted by molar-refractivity contribution is -0.117. The molecule has 1 aliphatic heterocycles. The molecular formula is C30H26N8O2. The largest absolute Gasteiger partial charge is 0.368 e. The number of benzene rings is 2. The number of amides is 2. The minimum Gasteiger partial charge on any atom is -0.368 e. The lowest BCUT2D eigenvalue weighted by Crippen LogP contribution is -2.42. The Morgan fingerprint density at radius 2 is 1.75 bits per heavy atom. The van der Waals surface area contributed by atoms with E-state index in [1.165, 1.54) is 4.52 Å². The summed E-state index contributed by atoms with van der Waals surface area (Å²) >= 11 is 0. The summed E-state index contributed by atoms with van der Waals surface area (Å²) in [4.78, 5) is 40.8. The summed E-state index contributed by atoms with van der Waals surface area (Å²) in [5, 5.41) is 13.6. The maximum absolute atomic E-state index is 13.9. The van der Waals surface area contributed by atoms with Crippen LogP contribution in [0.1, 0.15) is 35.3 Å². The summed E-state index contributed by atoms with van der Waals surface area (Å²) < 4.78 is 1.53. The summed E-state index contributed by atoms with van der Waals surface area (Å²) in [6.45, 7) is 4.05. The molecule has 0 spiro atoms. The molecule has 0 unspecified atom stereocenters. The second kappa shape index (κ2) is 10.4. The van der Waals surface area contributed by atoms with E-state index in [1.54, 1.807) is 24.7 Å². The maximum atomic E-state index is 13.9. The second-order valence-electron chi connectivity index (χ2n) is 9.60. The van der Waals surface area contributed by atoms with Gasteiger partial charge in [-0.2, -0.15) is 5.10 Å². The van der Waals surface area contributed by atoms with Gasteiger partial charge in [-0.05, 0) is 38.1 Å². The molecule has 40 heavy (non-hydrogen) atoms. The molecule has 198 valence electrons. The second-order valence-corrected chi connectivity index (χ2v) is 9.60. The van der Waals surface area contributed by atoms with Crippen LogP contribution in [0.2, 0.25) is 0 Å². The molecule has 6 rings (SSSR count).